The Morgan fingerprint density at radius 3 is 2.44 bits per heavy atom. The van der Waals surface area contributed by atoms with Gasteiger partial charge in [-0.25, -0.2) is 9.69 Å². The molecule has 1 atom stereocenters. The number of rotatable bonds is 9. The van der Waals surface area contributed by atoms with E-state index in [2.05, 4.69) is 5.32 Å². The summed E-state index contributed by atoms with van der Waals surface area (Å²) in [6, 6.07) is 6.62. The normalized spacial score (nSPS) is 17.4. The number of amides is 3. The van der Waals surface area contributed by atoms with Crippen molar-refractivity contribution in [2.75, 3.05) is 34.0 Å². The summed E-state index contributed by atoms with van der Waals surface area (Å²) >= 11 is 0. The minimum absolute atomic E-state index is 0.151. The number of benzene rings is 1. The summed E-state index contributed by atoms with van der Waals surface area (Å²) in [4.78, 5) is 27.5. The third-order valence-electron chi connectivity index (χ3n) is 4.00. The maximum atomic E-state index is 12.3. The van der Waals surface area contributed by atoms with Crippen LogP contribution in [0, 0.1) is 5.92 Å². The number of hydrogen-bond donors (Lipinski definition) is 1. The third kappa shape index (κ3) is 5.35. The van der Waals surface area contributed by atoms with Crippen molar-refractivity contribution in [1.29, 1.82) is 0 Å². The Morgan fingerprint density at radius 2 is 1.84 bits per heavy atom. The van der Waals surface area contributed by atoms with E-state index in [0.717, 1.165) is 11.5 Å². The van der Waals surface area contributed by atoms with E-state index < -0.39 is 6.04 Å². The SMILES string of the molecule is COc1ccc(OCCN(C)CN2C(=O)NC(CC(C)C)C2=O)cc1. The Balaban J connectivity index is 1.76. The highest BCUT2D eigenvalue weighted by atomic mass is 16.5. The Hall–Kier alpha value is -2.28. The lowest BCUT2D eigenvalue weighted by Crippen LogP contribution is -2.41. The molecule has 1 saturated heterocycles. The minimum atomic E-state index is -0.406. The number of nitrogens with one attached hydrogen (secondary N) is 1. The van der Waals surface area contributed by atoms with Crippen molar-refractivity contribution in [1.82, 2.24) is 15.1 Å². The van der Waals surface area contributed by atoms with Crippen molar-refractivity contribution in [3.8, 4) is 11.5 Å². The summed E-state index contributed by atoms with van der Waals surface area (Å²) in [5.74, 6) is 1.73. The van der Waals surface area contributed by atoms with E-state index in [-0.39, 0.29) is 18.6 Å². The second kappa shape index (κ2) is 8.71. The van der Waals surface area contributed by atoms with Crippen molar-refractivity contribution in [2.24, 2.45) is 5.92 Å². The first kappa shape index (κ1) is 19.1. The fraction of sp³-hybridized carbons (Fsp3) is 0.556. The molecule has 0 saturated carbocycles. The summed E-state index contributed by atoms with van der Waals surface area (Å²) < 4.78 is 10.8. The zero-order valence-corrected chi connectivity index (χ0v) is 15.3. The number of carbonyl (C=O) groups is 2. The molecule has 1 unspecified atom stereocenters. The van der Waals surface area contributed by atoms with Crippen LogP contribution in [0.2, 0.25) is 0 Å². The lowest BCUT2D eigenvalue weighted by Gasteiger charge is -2.22. The summed E-state index contributed by atoms with van der Waals surface area (Å²) in [5.41, 5.74) is 0. The molecule has 7 nitrogen and oxygen atoms in total. The first-order chi connectivity index (χ1) is 11.9. The van der Waals surface area contributed by atoms with E-state index in [1.807, 2.05) is 50.1 Å². The molecule has 1 N–H and O–H groups in total. The second-order valence-electron chi connectivity index (χ2n) is 6.64. The van der Waals surface area contributed by atoms with Crippen LogP contribution in [-0.4, -0.2) is 61.8 Å². The average molecular weight is 349 g/mol. The summed E-state index contributed by atoms with van der Waals surface area (Å²) in [5, 5.41) is 2.75. The highest BCUT2D eigenvalue weighted by Gasteiger charge is 2.38. The fourth-order valence-electron chi connectivity index (χ4n) is 2.65. The van der Waals surface area contributed by atoms with Crippen LogP contribution >= 0.6 is 0 Å². The molecule has 3 amide bonds. The second-order valence-corrected chi connectivity index (χ2v) is 6.64. The van der Waals surface area contributed by atoms with Crippen LogP contribution in [0.15, 0.2) is 24.3 Å². The van der Waals surface area contributed by atoms with Crippen molar-refractivity contribution in [3.05, 3.63) is 24.3 Å². The topological polar surface area (TPSA) is 71.1 Å². The molecule has 0 aromatic heterocycles. The Bertz CT molecular complexity index is 588. The van der Waals surface area contributed by atoms with Gasteiger partial charge in [-0.3, -0.25) is 9.69 Å². The highest BCUT2D eigenvalue weighted by molar-refractivity contribution is 6.04. The van der Waals surface area contributed by atoms with E-state index in [4.69, 9.17) is 9.47 Å². The minimum Gasteiger partial charge on any atom is -0.497 e. The Morgan fingerprint density at radius 1 is 1.20 bits per heavy atom. The van der Waals surface area contributed by atoms with Crippen LogP contribution < -0.4 is 14.8 Å². The highest BCUT2D eigenvalue weighted by Crippen LogP contribution is 2.17. The molecule has 1 aliphatic rings. The standard InChI is InChI=1S/C18H27N3O4/c1-13(2)11-16-17(22)21(18(23)19-16)12-20(3)9-10-25-15-7-5-14(24-4)6-8-15/h5-8,13,16H,9-12H2,1-4H3,(H,19,23). The van der Waals surface area contributed by atoms with E-state index in [9.17, 15) is 9.59 Å². The van der Waals surface area contributed by atoms with Crippen LogP contribution in [0.5, 0.6) is 11.5 Å². The number of ether oxygens (including phenoxy) is 2. The van der Waals surface area contributed by atoms with Crippen LogP contribution in [0.3, 0.4) is 0 Å². The van der Waals surface area contributed by atoms with Gasteiger partial charge in [-0.1, -0.05) is 13.8 Å². The maximum Gasteiger partial charge on any atom is 0.325 e. The summed E-state index contributed by atoms with van der Waals surface area (Å²) in [6.07, 6.45) is 0.658. The lowest BCUT2D eigenvalue weighted by atomic mass is 10.0. The van der Waals surface area contributed by atoms with E-state index in [0.29, 0.717) is 25.5 Å². The summed E-state index contributed by atoms with van der Waals surface area (Å²) in [7, 11) is 3.47. The Labute approximate surface area is 148 Å². The van der Waals surface area contributed by atoms with Crippen molar-refractivity contribution in [3.63, 3.8) is 0 Å². The number of hydrogen-bond acceptors (Lipinski definition) is 5. The number of carbonyl (C=O) groups excluding carboxylic acids is 2. The molecule has 138 valence electrons. The predicted octanol–water partition coefficient (Wildman–Crippen LogP) is 1.93. The van der Waals surface area contributed by atoms with Crippen LogP contribution in [-0.2, 0) is 4.79 Å². The van der Waals surface area contributed by atoms with Gasteiger partial charge in [-0.2, -0.15) is 0 Å². The average Bonchev–Trinajstić information content (AvgIpc) is 2.82. The van der Waals surface area contributed by atoms with Crippen molar-refractivity contribution < 1.29 is 19.1 Å². The molecule has 0 bridgehead atoms. The van der Waals surface area contributed by atoms with Crippen molar-refractivity contribution in [2.45, 2.75) is 26.3 Å². The van der Waals surface area contributed by atoms with Gasteiger partial charge in [0.1, 0.15) is 24.1 Å². The number of likely N-dealkylation sites (N-methyl/N-ethyl adjacent to an activating group) is 1. The zero-order valence-electron chi connectivity index (χ0n) is 15.3. The molecule has 2 rings (SSSR count). The van der Waals surface area contributed by atoms with Crippen LogP contribution in [0.1, 0.15) is 20.3 Å². The zero-order chi connectivity index (χ0) is 18.4. The molecular formula is C18H27N3O4. The Kier molecular flexibility index (Phi) is 6.64. The van der Waals surface area contributed by atoms with Gasteiger partial charge in [0, 0.05) is 6.54 Å². The van der Waals surface area contributed by atoms with E-state index >= 15 is 0 Å². The molecule has 1 heterocycles. The van der Waals surface area contributed by atoms with Crippen LogP contribution in [0.4, 0.5) is 4.79 Å². The smallest absolute Gasteiger partial charge is 0.325 e. The van der Waals surface area contributed by atoms with Gasteiger partial charge in [0.05, 0.1) is 13.8 Å². The van der Waals surface area contributed by atoms with Gasteiger partial charge in [-0.05, 0) is 43.7 Å². The van der Waals surface area contributed by atoms with E-state index in [1.54, 1.807) is 7.11 Å². The first-order valence-electron chi connectivity index (χ1n) is 8.48. The molecule has 25 heavy (non-hydrogen) atoms. The number of nitrogens with zero attached hydrogens (tertiary/aromatic N) is 2. The maximum absolute atomic E-state index is 12.3. The molecule has 0 aliphatic carbocycles. The van der Waals surface area contributed by atoms with E-state index in [1.165, 1.54) is 4.90 Å². The lowest BCUT2D eigenvalue weighted by molar-refractivity contribution is -0.129. The monoisotopic (exact) mass is 349 g/mol. The van der Waals surface area contributed by atoms with Gasteiger partial charge in [-0.15, -0.1) is 0 Å². The molecule has 7 heteroatoms. The molecular weight excluding hydrogens is 322 g/mol. The quantitative estimate of drug-likeness (QED) is 0.690. The molecule has 0 spiro atoms. The number of methoxy groups -OCH3 is 1. The first-order valence-corrected chi connectivity index (χ1v) is 8.48. The van der Waals surface area contributed by atoms with Gasteiger partial charge in [0.2, 0.25) is 0 Å². The van der Waals surface area contributed by atoms with Crippen molar-refractivity contribution >= 4 is 11.9 Å². The van der Waals surface area contributed by atoms with Gasteiger partial charge >= 0.3 is 6.03 Å². The molecule has 1 fully saturated rings. The number of urea groups is 1. The van der Waals surface area contributed by atoms with Gasteiger partial charge < -0.3 is 14.8 Å². The molecule has 1 aliphatic heterocycles. The predicted molar refractivity (Wildman–Crippen MR) is 94.6 cm³/mol. The fourth-order valence-corrected chi connectivity index (χ4v) is 2.65. The number of imide groups is 1. The third-order valence-corrected chi connectivity index (χ3v) is 4.00. The van der Waals surface area contributed by atoms with Gasteiger partial charge in [0.25, 0.3) is 5.91 Å². The molecule has 0 radical (unpaired) electrons. The van der Waals surface area contributed by atoms with Crippen LogP contribution in [0.25, 0.3) is 0 Å². The largest absolute Gasteiger partial charge is 0.497 e. The molecule has 1 aromatic rings. The summed E-state index contributed by atoms with van der Waals surface area (Å²) in [6.45, 7) is 5.38. The van der Waals surface area contributed by atoms with Gasteiger partial charge in [0.15, 0.2) is 0 Å². The molecule has 1 aromatic carbocycles.